The van der Waals surface area contributed by atoms with Crippen LogP contribution in [0.3, 0.4) is 0 Å². The molecule has 0 radical (unpaired) electrons. The van der Waals surface area contributed by atoms with Gasteiger partial charge in [0.05, 0.1) is 7.11 Å². The Morgan fingerprint density at radius 1 is 1.09 bits per heavy atom. The lowest BCUT2D eigenvalue weighted by atomic mass is 10.1. The standard InChI is InChI=1S/C18H18ClNO3/c1-23-16-4-2-3-14(11-16)17(21)9-10-18(22)20-12-13-5-7-15(19)8-6-13/h2-8,11H,9-10,12H2,1H3,(H,20,22). The summed E-state index contributed by atoms with van der Waals surface area (Å²) in [6.45, 7) is 0.420. The topological polar surface area (TPSA) is 55.4 Å². The van der Waals surface area contributed by atoms with Gasteiger partial charge < -0.3 is 10.1 Å². The number of carbonyl (C=O) groups excluding carboxylic acids is 2. The SMILES string of the molecule is COc1cccc(C(=O)CCC(=O)NCc2ccc(Cl)cc2)c1. The van der Waals surface area contributed by atoms with Gasteiger partial charge in [-0.25, -0.2) is 0 Å². The van der Waals surface area contributed by atoms with Gasteiger partial charge in [-0.05, 0) is 29.8 Å². The molecule has 0 bridgehead atoms. The highest BCUT2D eigenvalue weighted by Crippen LogP contribution is 2.14. The number of halogens is 1. The molecule has 0 unspecified atom stereocenters. The van der Waals surface area contributed by atoms with Crippen LogP contribution in [0.1, 0.15) is 28.8 Å². The van der Waals surface area contributed by atoms with Gasteiger partial charge in [0.2, 0.25) is 5.91 Å². The fourth-order valence-corrected chi connectivity index (χ4v) is 2.19. The summed E-state index contributed by atoms with van der Waals surface area (Å²) >= 11 is 5.80. The second-order valence-electron chi connectivity index (χ2n) is 5.06. The van der Waals surface area contributed by atoms with Crippen molar-refractivity contribution in [2.75, 3.05) is 7.11 Å². The largest absolute Gasteiger partial charge is 0.497 e. The first kappa shape index (κ1) is 17.0. The Kier molecular flexibility index (Phi) is 6.18. The van der Waals surface area contributed by atoms with E-state index in [4.69, 9.17) is 16.3 Å². The summed E-state index contributed by atoms with van der Waals surface area (Å²) in [6, 6.07) is 14.2. The van der Waals surface area contributed by atoms with Crippen LogP contribution in [-0.4, -0.2) is 18.8 Å². The van der Waals surface area contributed by atoms with Crippen LogP contribution in [0.5, 0.6) is 5.75 Å². The van der Waals surface area contributed by atoms with Crippen LogP contribution in [0, 0.1) is 0 Å². The lowest BCUT2D eigenvalue weighted by molar-refractivity contribution is -0.121. The Labute approximate surface area is 140 Å². The van der Waals surface area contributed by atoms with Crippen LogP contribution in [-0.2, 0) is 11.3 Å². The maximum atomic E-state index is 12.1. The van der Waals surface area contributed by atoms with Gasteiger partial charge in [-0.2, -0.15) is 0 Å². The van der Waals surface area contributed by atoms with Crippen molar-refractivity contribution in [1.82, 2.24) is 5.32 Å². The number of rotatable bonds is 7. The van der Waals surface area contributed by atoms with Crippen molar-refractivity contribution < 1.29 is 14.3 Å². The number of carbonyl (C=O) groups is 2. The predicted molar refractivity (Wildman–Crippen MR) is 89.9 cm³/mol. The molecule has 0 aliphatic heterocycles. The highest BCUT2D eigenvalue weighted by Gasteiger charge is 2.10. The van der Waals surface area contributed by atoms with E-state index in [9.17, 15) is 9.59 Å². The molecule has 23 heavy (non-hydrogen) atoms. The molecule has 5 heteroatoms. The van der Waals surface area contributed by atoms with Crippen LogP contribution in [0.2, 0.25) is 5.02 Å². The zero-order valence-electron chi connectivity index (χ0n) is 12.8. The summed E-state index contributed by atoms with van der Waals surface area (Å²) in [5, 5.41) is 3.45. The molecular weight excluding hydrogens is 314 g/mol. The van der Waals surface area contributed by atoms with Crippen LogP contribution in [0.25, 0.3) is 0 Å². The molecule has 0 saturated heterocycles. The normalized spacial score (nSPS) is 10.2. The molecule has 2 aromatic carbocycles. The van der Waals surface area contributed by atoms with E-state index in [0.29, 0.717) is 22.9 Å². The monoisotopic (exact) mass is 331 g/mol. The van der Waals surface area contributed by atoms with Gasteiger partial charge in [-0.1, -0.05) is 35.9 Å². The first-order valence-corrected chi connectivity index (χ1v) is 7.64. The van der Waals surface area contributed by atoms with Gasteiger partial charge in [-0.3, -0.25) is 9.59 Å². The summed E-state index contributed by atoms with van der Waals surface area (Å²) in [5.41, 5.74) is 1.51. The third kappa shape index (κ3) is 5.42. The minimum atomic E-state index is -0.156. The number of ether oxygens (including phenoxy) is 1. The summed E-state index contributed by atoms with van der Waals surface area (Å²) < 4.78 is 5.09. The molecule has 0 aliphatic carbocycles. The first-order valence-electron chi connectivity index (χ1n) is 7.27. The molecule has 0 heterocycles. The molecule has 0 spiro atoms. The average Bonchev–Trinajstić information content (AvgIpc) is 2.59. The van der Waals surface area contributed by atoms with Gasteiger partial charge in [0.1, 0.15) is 5.75 Å². The Hall–Kier alpha value is -2.33. The minimum absolute atomic E-state index is 0.0782. The maximum Gasteiger partial charge on any atom is 0.220 e. The first-order chi connectivity index (χ1) is 11.1. The number of hydrogen-bond donors (Lipinski definition) is 1. The van der Waals surface area contributed by atoms with E-state index in [-0.39, 0.29) is 24.5 Å². The van der Waals surface area contributed by atoms with E-state index in [0.717, 1.165) is 5.56 Å². The number of nitrogens with one attached hydrogen (secondary N) is 1. The highest BCUT2D eigenvalue weighted by atomic mass is 35.5. The summed E-state index contributed by atoms with van der Waals surface area (Å²) in [5.74, 6) is 0.393. The molecule has 2 aromatic rings. The molecular formula is C18H18ClNO3. The van der Waals surface area contributed by atoms with E-state index >= 15 is 0 Å². The van der Waals surface area contributed by atoms with E-state index in [1.165, 1.54) is 0 Å². The van der Waals surface area contributed by atoms with E-state index in [1.807, 2.05) is 12.1 Å². The average molecular weight is 332 g/mol. The van der Waals surface area contributed by atoms with E-state index in [1.54, 1.807) is 43.5 Å². The molecule has 0 atom stereocenters. The van der Waals surface area contributed by atoms with Crippen LogP contribution in [0.4, 0.5) is 0 Å². The molecule has 1 amide bonds. The van der Waals surface area contributed by atoms with Gasteiger partial charge in [-0.15, -0.1) is 0 Å². The number of ketones is 1. The van der Waals surface area contributed by atoms with Crippen LogP contribution in [0.15, 0.2) is 48.5 Å². The lowest BCUT2D eigenvalue weighted by Gasteiger charge is -2.06. The second-order valence-corrected chi connectivity index (χ2v) is 5.49. The van der Waals surface area contributed by atoms with Crippen molar-refractivity contribution in [3.8, 4) is 5.75 Å². The van der Waals surface area contributed by atoms with Crippen molar-refractivity contribution in [3.05, 3.63) is 64.7 Å². The zero-order chi connectivity index (χ0) is 16.7. The molecule has 0 aliphatic rings. The predicted octanol–water partition coefficient (Wildman–Crippen LogP) is 3.63. The molecule has 0 aromatic heterocycles. The minimum Gasteiger partial charge on any atom is -0.497 e. The molecule has 1 N–H and O–H groups in total. The Morgan fingerprint density at radius 2 is 1.83 bits per heavy atom. The summed E-state index contributed by atoms with van der Waals surface area (Å²) in [7, 11) is 1.55. The van der Waals surface area contributed by atoms with E-state index in [2.05, 4.69) is 5.32 Å². The van der Waals surface area contributed by atoms with Crippen LogP contribution >= 0.6 is 11.6 Å². The van der Waals surface area contributed by atoms with Gasteiger partial charge in [0.25, 0.3) is 0 Å². The molecule has 4 nitrogen and oxygen atoms in total. The molecule has 0 saturated carbocycles. The van der Waals surface area contributed by atoms with Crippen molar-refractivity contribution in [2.24, 2.45) is 0 Å². The number of benzene rings is 2. The number of Topliss-reactive ketones (excluding diaryl/α,β-unsaturated/α-hetero) is 1. The fraction of sp³-hybridized carbons (Fsp3) is 0.222. The Bertz CT molecular complexity index is 683. The molecule has 120 valence electrons. The third-order valence-electron chi connectivity index (χ3n) is 3.37. The Morgan fingerprint density at radius 3 is 2.52 bits per heavy atom. The van der Waals surface area contributed by atoms with Crippen LogP contribution < -0.4 is 10.1 Å². The summed E-state index contributed by atoms with van der Waals surface area (Å²) in [4.78, 5) is 23.9. The highest BCUT2D eigenvalue weighted by molar-refractivity contribution is 6.30. The van der Waals surface area contributed by atoms with E-state index < -0.39 is 0 Å². The van der Waals surface area contributed by atoms with Gasteiger partial charge >= 0.3 is 0 Å². The smallest absolute Gasteiger partial charge is 0.220 e. The van der Waals surface area contributed by atoms with Crippen molar-refractivity contribution in [2.45, 2.75) is 19.4 Å². The second kappa shape index (κ2) is 8.34. The van der Waals surface area contributed by atoms with Crippen molar-refractivity contribution in [3.63, 3.8) is 0 Å². The Balaban J connectivity index is 1.79. The number of amides is 1. The van der Waals surface area contributed by atoms with Crippen molar-refractivity contribution >= 4 is 23.3 Å². The van der Waals surface area contributed by atoms with Crippen molar-refractivity contribution in [1.29, 1.82) is 0 Å². The zero-order valence-corrected chi connectivity index (χ0v) is 13.6. The van der Waals surface area contributed by atoms with Gasteiger partial charge in [0.15, 0.2) is 5.78 Å². The quantitative estimate of drug-likeness (QED) is 0.788. The third-order valence-corrected chi connectivity index (χ3v) is 3.63. The number of methoxy groups -OCH3 is 1. The maximum absolute atomic E-state index is 12.1. The van der Waals surface area contributed by atoms with Gasteiger partial charge in [0, 0.05) is 30.0 Å². The molecule has 0 fully saturated rings. The molecule has 2 rings (SSSR count). The lowest BCUT2D eigenvalue weighted by Crippen LogP contribution is -2.23. The summed E-state index contributed by atoms with van der Waals surface area (Å²) in [6.07, 6.45) is 0.323. The fourth-order valence-electron chi connectivity index (χ4n) is 2.06. The number of hydrogen-bond acceptors (Lipinski definition) is 3.